The molecule has 104 valence electrons. The van der Waals surface area contributed by atoms with Crippen LogP contribution in [-0.2, 0) is 7.05 Å². The Morgan fingerprint density at radius 1 is 1.24 bits per heavy atom. The molecule has 7 heteroatoms. The number of nitrogens with one attached hydrogen (secondary N) is 1. The predicted octanol–water partition coefficient (Wildman–Crippen LogP) is 2.01. The molecular weight excluding hydrogens is 284 g/mol. The lowest BCUT2D eigenvalue weighted by Crippen LogP contribution is -2.15. The molecule has 0 atom stereocenters. The Hall–Kier alpha value is -2.67. The summed E-state index contributed by atoms with van der Waals surface area (Å²) in [5, 5.41) is 10.1. The van der Waals surface area contributed by atoms with Crippen molar-refractivity contribution in [3.05, 3.63) is 41.2 Å². The number of nitrogen functional groups attached to an aromatic ring is 1. The molecule has 0 aliphatic heterocycles. The molecule has 6 nitrogen and oxygen atoms in total. The molecule has 4 rings (SSSR count). The van der Waals surface area contributed by atoms with E-state index in [1.165, 1.54) is 11.3 Å². The van der Waals surface area contributed by atoms with E-state index in [4.69, 9.17) is 11.1 Å². The van der Waals surface area contributed by atoms with Crippen LogP contribution in [0.2, 0.25) is 0 Å². The Balaban J connectivity index is 2.10. The lowest BCUT2D eigenvalue weighted by Gasteiger charge is -2.03. The molecule has 0 saturated heterocycles. The maximum atomic E-state index is 8.13. The Morgan fingerprint density at radius 3 is 2.86 bits per heavy atom. The van der Waals surface area contributed by atoms with Crippen LogP contribution in [0.15, 0.2) is 35.7 Å². The minimum absolute atomic E-state index is 0.306. The Bertz CT molecular complexity index is 1040. The van der Waals surface area contributed by atoms with Crippen LogP contribution in [0.4, 0.5) is 5.82 Å². The number of para-hydroxylation sites is 2. The van der Waals surface area contributed by atoms with Gasteiger partial charge in [0.15, 0.2) is 10.8 Å². The maximum absolute atomic E-state index is 8.13. The average Bonchev–Trinajstić information content (AvgIpc) is 3.01. The lowest BCUT2D eigenvalue weighted by molar-refractivity contribution is 0.926. The lowest BCUT2D eigenvalue weighted by atomic mass is 10.3. The number of nitrogens with two attached hydrogens (primary N) is 1. The molecule has 0 amide bonds. The molecule has 3 N–H and O–H groups in total. The zero-order chi connectivity index (χ0) is 14.6. The molecule has 0 fully saturated rings. The molecule has 0 radical (unpaired) electrons. The molecule has 3 heterocycles. The monoisotopic (exact) mass is 296 g/mol. The molecular formula is C14H12N6S. The van der Waals surface area contributed by atoms with Crippen LogP contribution in [0.25, 0.3) is 27.5 Å². The van der Waals surface area contributed by atoms with Gasteiger partial charge in [0.2, 0.25) is 0 Å². The van der Waals surface area contributed by atoms with Gasteiger partial charge in [-0.2, -0.15) is 0 Å². The highest BCUT2D eigenvalue weighted by Gasteiger charge is 2.15. The fourth-order valence-electron chi connectivity index (χ4n) is 2.50. The van der Waals surface area contributed by atoms with Crippen LogP contribution in [0.1, 0.15) is 0 Å². The van der Waals surface area contributed by atoms with Gasteiger partial charge in [0.25, 0.3) is 0 Å². The van der Waals surface area contributed by atoms with Crippen LogP contribution in [0.5, 0.6) is 0 Å². The summed E-state index contributed by atoms with van der Waals surface area (Å²) in [7, 11) is 1.98. The van der Waals surface area contributed by atoms with Gasteiger partial charge in [-0.15, -0.1) is 11.3 Å². The number of rotatable bonds is 1. The van der Waals surface area contributed by atoms with Crippen molar-refractivity contribution in [3.63, 3.8) is 0 Å². The summed E-state index contributed by atoms with van der Waals surface area (Å²) < 4.78 is 3.79. The van der Waals surface area contributed by atoms with Crippen molar-refractivity contribution in [3.8, 4) is 11.5 Å². The highest BCUT2D eigenvalue weighted by atomic mass is 32.1. The zero-order valence-electron chi connectivity index (χ0n) is 11.2. The third kappa shape index (κ3) is 1.67. The smallest absolute Gasteiger partial charge is 0.197 e. The second-order valence-corrected chi connectivity index (χ2v) is 5.62. The molecule has 0 saturated carbocycles. The van der Waals surface area contributed by atoms with Gasteiger partial charge in [-0.05, 0) is 12.1 Å². The number of nitrogens with zero attached hydrogens (tertiary/aromatic N) is 4. The van der Waals surface area contributed by atoms with E-state index in [-0.39, 0.29) is 0 Å². The van der Waals surface area contributed by atoms with Crippen LogP contribution < -0.4 is 11.2 Å². The van der Waals surface area contributed by atoms with Gasteiger partial charge in [0, 0.05) is 18.5 Å². The van der Waals surface area contributed by atoms with Crippen LogP contribution >= 0.6 is 11.3 Å². The second kappa shape index (κ2) is 4.16. The van der Waals surface area contributed by atoms with Gasteiger partial charge < -0.3 is 10.3 Å². The number of hydrogen-bond acceptors (Lipinski definition) is 5. The largest absolute Gasteiger partial charge is 0.383 e. The summed E-state index contributed by atoms with van der Waals surface area (Å²) in [5.74, 6) is 1.17. The number of hydrogen-bond donors (Lipinski definition) is 2. The second-order valence-electron chi connectivity index (χ2n) is 4.79. The van der Waals surface area contributed by atoms with Crippen molar-refractivity contribution >= 4 is 33.1 Å². The summed E-state index contributed by atoms with van der Waals surface area (Å²) in [6.45, 7) is 0. The van der Waals surface area contributed by atoms with Gasteiger partial charge in [-0.25, -0.2) is 9.97 Å². The zero-order valence-corrected chi connectivity index (χ0v) is 12.1. The van der Waals surface area contributed by atoms with Crippen molar-refractivity contribution in [1.29, 1.82) is 5.41 Å². The molecule has 0 bridgehead atoms. The number of aryl methyl sites for hydroxylation is 1. The van der Waals surface area contributed by atoms with E-state index in [1.807, 2.05) is 41.3 Å². The molecule has 21 heavy (non-hydrogen) atoms. The molecule has 0 unspecified atom stereocenters. The highest BCUT2D eigenvalue weighted by molar-refractivity contribution is 7.15. The molecule has 4 aromatic rings. The van der Waals surface area contributed by atoms with E-state index in [9.17, 15) is 0 Å². The van der Waals surface area contributed by atoms with Crippen LogP contribution in [0, 0.1) is 5.41 Å². The summed E-state index contributed by atoms with van der Waals surface area (Å²) in [4.78, 5) is 9.64. The van der Waals surface area contributed by atoms with Crippen molar-refractivity contribution in [1.82, 2.24) is 18.9 Å². The van der Waals surface area contributed by atoms with E-state index in [0.29, 0.717) is 16.3 Å². The van der Waals surface area contributed by atoms with Crippen molar-refractivity contribution in [2.45, 2.75) is 0 Å². The van der Waals surface area contributed by atoms with E-state index in [2.05, 4.69) is 9.97 Å². The molecule has 1 aromatic carbocycles. The van der Waals surface area contributed by atoms with E-state index < -0.39 is 0 Å². The number of benzene rings is 1. The number of aromatic nitrogens is 4. The van der Waals surface area contributed by atoms with Crippen molar-refractivity contribution < 1.29 is 0 Å². The number of imidazole rings is 1. The quantitative estimate of drug-likeness (QED) is 0.563. The topological polar surface area (TPSA) is 85.0 Å². The number of anilines is 1. The standard InChI is InChI=1S/C14H12N6S/c1-19-9-5-3-2-4-8(9)17-13(19)10-7-21-14-18-11(15)6-12(16)20(10)14/h2-7,16H,15H2,1H3. The van der Waals surface area contributed by atoms with Gasteiger partial charge in [-0.1, -0.05) is 12.1 Å². The highest BCUT2D eigenvalue weighted by Crippen LogP contribution is 2.26. The van der Waals surface area contributed by atoms with E-state index in [0.717, 1.165) is 22.6 Å². The van der Waals surface area contributed by atoms with Gasteiger partial charge in [0.05, 0.1) is 11.0 Å². The first-order valence-electron chi connectivity index (χ1n) is 6.38. The molecule has 3 aromatic heterocycles. The third-order valence-corrected chi connectivity index (χ3v) is 4.30. The normalized spacial score (nSPS) is 11.5. The first-order chi connectivity index (χ1) is 10.1. The maximum Gasteiger partial charge on any atom is 0.197 e. The summed E-state index contributed by atoms with van der Waals surface area (Å²) >= 11 is 1.45. The summed E-state index contributed by atoms with van der Waals surface area (Å²) in [6, 6.07) is 9.52. The summed E-state index contributed by atoms with van der Waals surface area (Å²) in [6.07, 6.45) is 0. The van der Waals surface area contributed by atoms with Crippen molar-refractivity contribution in [2.75, 3.05) is 5.73 Å². The Morgan fingerprint density at radius 2 is 2.05 bits per heavy atom. The number of fused-ring (bicyclic) bond motifs is 2. The van der Waals surface area contributed by atoms with Gasteiger partial charge in [0.1, 0.15) is 17.0 Å². The Kier molecular flexibility index (Phi) is 2.40. The number of thiazole rings is 1. The van der Waals surface area contributed by atoms with E-state index >= 15 is 0 Å². The minimum Gasteiger partial charge on any atom is -0.383 e. The fourth-order valence-corrected chi connectivity index (χ4v) is 3.39. The van der Waals surface area contributed by atoms with Crippen LogP contribution in [0.3, 0.4) is 0 Å². The third-order valence-electron chi connectivity index (χ3n) is 3.47. The summed E-state index contributed by atoms with van der Waals surface area (Å²) in [5.41, 5.74) is 8.86. The molecule has 0 spiro atoms. The van der Waals surface area contributed by atoms with Crippen molar-refractivity contribution in [2.24, 2.45) is 7.05 Å². The molecule has 0 aliphatic rings. The SMILES string of the molecule is Cn1c(-c2csc3nc(N)cc(=N)n23)nc2ccccc21. The first kappa shape index (κ1) is 12.1. The van der Waals surface area contributed by atoms with Gasteiger partial charge in [-0.3, -0.25) is 9.81 Å². The first-order valence-corrected chi connectivity index (χ1v) is 7.26. The van der Waals surface area contributed by atoms with Crippen LogP contribution in [-0.4, -0.2) is 18.9 Å². The predicted molar refractivity (Wildman–Crippen MR) is 83.0 cm³/mol. The Labute approximate surface area is 123 Å². The molecule has 0 aliphatic carbocycles. The van der Waals surface area contributed by atoms with Gasteiger partial charge >= 0.3 is 0 Å². The van der Waals surface area contributed by atoms with E-state index in [1.54, 1.807) is 10.5 Å². The minimum atomic E-state index is 0.306. The average molecular weight is 296 g/mol. The fraction of sp³-hybridized carbons (Fsp3) is 0.0714.